The van der Waals surface area contributed by atoms with Crippen LogP contribution in [0.1, 0.15) is 12.2 Å². The number of aromatic nitrogens is 3. The summed E-state index contributed by atoms with van der Waals surface area (Å²) in [4.78, 5) is 4.54. The molecule has 0 fully saturated rings. The highest BCUT2D eigenvalue weighted by Gasteiger charge is 2.21. The zero-order chi connectivity index (χ0) is 12.5. The van der Waals surface area contributed by atoms with Crippen LogP contribution in [0.2, 0.25) is 5.02 Å². The first-order valence-corrected chi connectivity index (χ1v) is 6.44. The average molecular weight is 264 g/mol. The van der Waals surface area contributed by atoms with Gasteiger partial charge in [0.05, 0.1) is 0 Å². The maximum absolute atomic E-state index is 9.20. The Bertz CT molecular complexity index is 567. The summed E-state index contributed by atoms with van der Waals surface area (Å²) in [6, 6.07) is 7.56. The Morgan fingerprint density at radius 1 is 1.44 bits per heavy atom. The molecule has 4 nitrogen and oxygen atoms in total. The summed E-state index contributed by atoms with van der Waals surface area (Å²) in [5.74, 6) is 1.98. The van der Waals surface area contributed by atoms with E-state index < -0.39 is 0 Å². The molecule has 2 aromatic rings. The number of hydrogen-bond acceptors (Lipinski definition) is 3. The lowest BCUT2D eigenvalue weighted by Crippen LogP contribution is -2.22. The monoisotopic (exact) mass is 263 g/mol. The molecular formula is C13H14ClN3O. The van der Waals surface area contributed by atoms with Gasteiger partial charge in [-0.25, -0.2) is 9.67 Å². The van der Waals surface area contributed by atoms with Crippen LogP contribution in [0.15, 0.2) is 24.3 Å². The Balaban J connectivity index is 1.94. The van der Waals surface area contributed by atoms with Gasteiger partial charge in [-0.1, -0.05) is 23.7 Å². The van der Waals surface area contributed by atoms with Crippen LogP contribution in [-0.4, -0.2) is 26.5 Å². The van der Waals surface area contributed by atoms with Crippen molar-refractivity contribution in [3.05, 3.63) is 35.1 Å². The van der Waals surface area contributed by atoms with Crippen molar-refractivity contribution in [3.63, 3.8) is 0 Å². The van der Waals surface area contributed by atoms with E-state index in [0.717, 1.165) is 30.8 Å². The molecule has 0 bridgehead atoms. The Kier molecular flexibility index (Phi) is 3.06. The molecule has 1 unspecified atom stereocenters. The molecule has 94 valence electrons. The summed E-state index contributed by atoms with van der Waals surface area (Å²) in [5, 5.41) is 14.4. The summed E-state index contributed by atoms with van der Waals surface area (Å²) in [6.07, 6.45) is 1.76. The van der Waals surface area contributed by atoms with E-state index in [9.17, 15) is 5.11 Å². The Morgan fingerprint density at radius 3 is 3.11 bits per heavy atom. The van der Waals surface area contributed by atoms with E-state index in [1.165, 1.54) is 0 Å². The van der Waals surface area contributed by atoms with Crippen LogP contribution < -0.4 is 0 Å². The number of halogens is 1. The highest BCUT2D eigenvalue weighted by molar-refractivity contribution is 6.30. The number of nitrogens with zero attached hydrogens (tertiary/aromatic N) is 3. The van der Waals surface area contributed by atoms with Crippen LogP contribution >= 0.6 is 11.6 Å². The normalized spacial score (nSPS) is 18.7. The number of aliphatic hydroxyl groups excluding tert-OH is 1. The zero-order valence-corrected chi connectivity index (χ0v) is 10.6. The Labute approximate surface area is 110 Å². The van der Waals surface area contributed by atoms with E-state index in [0.29, 0.717) is 16.8 Å². The minimum absolute atomic E-state index is 0.222. The molecule has 0 saturated heterocycles. The first-order chi connectivity index (χ1) is 8.76. The molecule has 0 spiro atoms. The van der Waals surface area contributed by atoms with Crippen molar-refractivity contribution in [1.82, 2.24) is 14.8 Å². The van der Waals surface area contributed by atoms with Gasteiger partial charge in [0, 0.05) is 30.2 Å². The van der Waals surface area contributed by atoms with Gasteiger partial charge in [0.15, 0.2) is 5.82 Å². The van der Waals surface area contributed by atoms with Crippen molar-refractivity contribution in [2.75, 3.05) is 6.61 Å². The lowest BCUT2D eigenvalue weighted by molar-refractivity contribution is 0.196. The summed E-state index contributed by atoms with van der Waals surface area (Å²) in [7, 11) is 0. The van der Waals surface area contributed by atoms with Crippen molar-refractivity contribution in [1.29, 1.82) is 0 Å². The molecule has 18 heavy (non-hydrogen) atoms. The van der Waals surface area contributed by atoms with Crippen LogP contribution in [0.25, 0.3) is 11.4 Å². The molecule has 0 radical (unpaired) electrons. The minimum Gasteiger partial charge on any atom is -0.396 e. The lowest BCUT2D eigenvalue weighted by atomic mass is 9.99. The highest BCUT2D eigenvalue weighted by atomic mass is 35.5. The van der Waals surface area contributed by atoms with E-state index >= 15 is 0 Å². The number of fused-ring (bicyclic) bond motifs is 1. The van der Waals surface area contributed by atoms with Gasteiger partial charge >= 0.3 is 0 Å². The van der Waals surface area contributed by atoms with Crippen molar-refractivity contribution < 1.29 is 5.11 Å². The summed E-state index contributed by atoms with van der Waals surface area (Å²) >= 11 is 5.97. The molecule has 1 aromatic carbocycles. The molecule has 1 N–H and O–H groups in total. The quantitative estimate of drug-likeness (QED) is 0.903. The SMILES string of the molecule is OCC1CCn2nc(-c3cccc(Cl)c3)nc2C1. The van der Waals surface area contributed by atoms with Gasteiger partial charge in [-0.15, -0.1) is 0 Å². The van der Waals surface area contributed by atoms with Crippen molar-refractivity contribution in [2.45, 2.75) is 19.4 Å². The molecule has 0 saturated carbocycles. The first-order valence-electron chi connectivity index (χ1n) is 6.07. The number of aryl methyl sites for hydroxylation is 1. The lowest BCUT2D eigenvalue weighted by Gasteiger charge is -2.19. The number of rotatable bonds is 2. The molecule has 1 aliphatic heterocycles. The molecule has 0 aliphatic carbocycles. The molecule has 5 heteroatoms. The maximum Gasteiger partial charge on any atom is 0.181 e. The summed E-state index contributed by atoms with van der Waals surface area (Å²) in [5.41, 5.74) is 0.935. The third-order valence-corrected chi connectivity index (χ3v) is 3.54. The summed E-state index contributed by atoms with van der Waals surface area (Å²) in [6.45, 7) is 1.05. The number of hydrogen-bond donors (Lipinski definition) is 1. The molecule has 1 aromatic heterocycles. The van der Waals surface area contributed by atoms with Crippen LogP contribution in [0.5, 0.6) is 0 Å². The molecule has 2 heterocycles. The topological polar surface area (TPSA) is 50.9 Å². The second-order valence-electron chi connectivity index (χ2n) is 4.63. The van der Waals surface area contributed by atoms with Crippen LogP contribution in [0, 0.1) is 5.92 Å². The fraction of sp³-hybridized carbons (Fsp3) is 0.385. The maximum atomic E-state index is 9.20. The van der Waals surface area contributed by atoms with Crippen LogP contribution in [0.3, 0.4) is 0 Å². The minimum atomic E-state index is 0.222. The van der Waals surface area contributed by atoms with Gasteiger partial charge in [-0.2, -0.15) is 5.10 Å². The molecule has 3 rings (SSSR count). The molecule has 1 atom stereocenters. The number of aliphatic hydroxyl groups is 1. The van der Waals surface area contributed by atoms with Gasteiger partial charge in [0.25, 0.3) is 0 Å². The molecular weight excluding hydrogens is 250 g/mol. The third kappa shape index (κ3) is 2.13. The standard InChI is InChI=1S/C13H14ClN3O/c14-11-3-1-2-10(7-11)13-15-12-6-9(8-18)4-5-17(12)16-13/h1-3,7,9,18H,4-6,8H2. The predicted molar refractivity (Wildman–Crippen MR) is 69.4 cm³/mol. The molecule has 1 aliphatic rings. The predicted octanol–water partition coefficient (Wildman–Crippen LogP) is 2.15. The fourth-order valence-electron chi connectivity index (χ4n) is 2.28. The third-order valence-electron chi connectivity index (χ3n) is 3.31. The van der Waals surface area contributed by atoms with E-state index in [1.54, 1.807) is 0 Å². The van der Waals surface area contributed by atoms with Crippen molar-refractivity contribution in [3.8, 4) is 11.4 Å². The van der Waals surface area contributed by atoms with E-state index in [-0.39, 0.29) is 6.61 Å². The van der Waals surface area contributed by atoms with Gasteiger partial charge in [-0.05, 0) is 24.5 Å². The van der Waals surface area contributed by atoms with Crippen LogP contribution in [0.4, 0.5) is 0 Å². The second-order valence-corrected chi connectivity index (χ2v) is 5.06. The largest absolute Gasteiger partial charge is 0.396 e. The van der Waals surface area contributed by atoms with E-state index in [2.05, 4.69) is 10.1 Å². The van der Waals surface area contributed by atoms with E-state index in [4.69, 9.17) is 11.6 Å². The molecule has 0 amide bonds. The average Bonchev–Trinajstić information content (AvgIpc) is 2.81. The smallest absolute Gasteiger partial charge is 0.181 e. The summed E-state index contributed by atoms with van der Waals surface area (Å²) < 4.78 is 1.93. The van der Waals surface area contributed by atoms with Gasteiger partial charge in [-0.3, -0.25) is 0 Å². The van der Waals surface area contributed by atoms with Crippen LogP contribution in [-0.2, 0) is 13.0 Å². The number of benzene rings is 1. The Hall–Kier alpha value is -1.39. The fourth-order valence-corrected chi connectivity index (χ4v) is 2.47. The van der Waals surface area contributed by atoms with Crippen molar-refractivity contribution >= 4 is 11.6 Å². The first kappa shape index (κ1) is 11.7. The van der Waals surface area contributed by atoms with E-state index in [1.807, 2.05) is 28.9 Å². The van der Waals surface area contributed by atoms with Crippen molar-refractivity contribution in [2.24, 2.45) is 5.92 Å². The second kappa shape index (κ2) is 4.71. The zero-order valence-electron chi connectivity index (χ0n) is 9.88. The van der Waals surface area contributed by atoms with Gasteiger partial charge < -0.3 is 5.11 Å². The Morgan fingerprint density at radius 2 is 2.33 bits per heavy atom. The highest BCUT2D eigenvalue weighted by Crippen LogP contribution is 2.24. The van der Waals surface area contributed by atoms with Gasteiger partial charge in [0.2, 0.25) is 0 Å². The van der Waals surface area contributed by atoms with Gasteiger partial charge in [0.1, 0.15) is 5.82 Å².